The van der Waals surface area contributed by atoms with Crippen molar-refractivity contribution in [1.82, 2.24) is 5.32 Å². The molecule has 0 bridgehead atoms. The quantitative estimate of drug-likeness (QED) is 0.666. The first kappa shape index (κ1) is 20.0. The van der Waals surface area contributed by atoms with Crippen LogP contribution in [0, 0.1) is 17.2 Å². The fourth-order valence-corrected chi connectivity index (χ4v) is 2.54. The van der Waals surface area contributed by atoms with Crippen LogP contribution in [0.25, 0.3) is 0 Å². The van der Waals surface area contributed by atoms with Gasteiger partial charge in [0.15, 0.2) is 0 Å². The molecule has 2 aromatic carbocycles. The summed E-state index contributed by atoms with van der Waals surface area (Å²) in [6, 6.07) is 18.5. The van der Waals surface area contributed by atoms with E-state index in [0.717, 1.165) is 11.3 Å². The Balaban J connectivity index is 1.85. The number of anilines is 1. The van der Waals surface area contributed by atoms with E-state index in [4.69, 9.17) is 10.00 Å². The van der Waals surface area contributed by atoms with Crippen LogP contribution in [0.2, 0.25) is 0 Å². The average Bonchev–Trinajstić information content (AvgIpc) is 2.70. The highest BCUT2D eigenvalue weighted by Gasteiger charge is 2.21. The standard InChI is InChI=1S/C21H23N3O3/c1-2-27-21(26)18(12-16-6-4-3-5-7-16)14-24-20(25)15-23-19-10-8-17(13-22)9-11-19/h3-11,18,23H,2,12,14-15H2,1H3,(H,24,25)/t18-/m1/s1. The topological polar surface area (TPSA) is 91.2 Å². The van der Waals surface area contributed by atoms with Gasteiger partial charge in [-0.3, -0.25) is 9.59 Å². The van der Waals surface area contributed by atoms with Gasteiger partial charge < -0.3 is 15.4 Å². The number of hydrogen-bond acceptors (Lipinski definition) is 5. The van der Waals surface area contributed by atoms with Crippen molar-refractivity contribution in [2.24, 2.45) is 5.92 Å². The molecule has 2 aromatic rings. The third-order valence-corrected chi connectivity index (χ3v) is 3.96. The molecule has 2 rings (SSSR count). The van der Waals surface area contributed by atoms with Crippen LogP contribution < -0.4 is 10.6 Å². The first-order valence-electron chi connectivity index (χ1n) is 8.83. The lowest BCUT2D eigenvalue weighted by Crippen LogP contribution is -2.37. The maximum Gasteiger partial charge on any atom is 0.311 e. The average molecular weight is 365 g/mol. The summed E-state index contributed by atoms with van der Waals surface area (Å²) in [5.74, 6) is -0.977. The van der Waals surface area contributed by atoms with E-state index in [0.29, 0.717) is 18.6 Å². The number of benzene rings is 2. The molecule has 0 aliphatic carbocycles. The molecule has 1 amide bonds. The molecule has 0 unspecified atom stereocenters. The highest BCUT2D eigenvalue weighted by atomic mass is 16.5. The second-order valence-corrected chi connectivity index (χ2v) is 5.99. The second-order valence-electron chi connectivity index (χ2n) is 5.99. The Morgan fingerprint density at radius 1 is 1.11 bits per heavy atom. The molecule has 140 valence electrons. The lowest BCUT2D eigenvalue weighted by atomic mass is 9.99. The van der Waals surface area contributed by atoms with Gasteiger partial charge in [0.25, 0.3) is 0 Å². The number of amides is 1. The summed E-state index contributed by atoms with van der Waals surface area (Å²) < 4.78 is 5.13. The summed E-state index contributed by atoms with van der Waals surface area (Å²) in [6.07, 6.45) is 0.503. The number of carbonyl (C=O) groups is 2. The Labute approximate surface area is 159 Å². The zero-order chi connectivity index (χ0) is 19.5. The van der Waals surface area contributed by atoms with Crippen molar-refractivity contribution in [2.45, 2.75) is 13.3 Å². The largest absolute Gasteiger partial charge is 0.466 e. The van der Waals surface area contributed by atoms with Crippen LogP contribution in [0.3, 0.4) is 0 Å². The van der Waals surface area contributed by atoms with Crippen molar-refractivity contribution in [3.8, 4) is 6.07 Å². The molecule has 0 fully saturated rings. The lowest BCUT2D eigenvalue weighted by Gasteiger charge is -2.17. The first-order valence-corrected chi connectivity index (χ1v) is 8.83. The first-order chi connectivity index (χ1) is 13.1. The zero-order valence-corrected chi connectivity index (χ0v) is 15.3. The number of esters is 1. The Morgan fingerprint density at radius 3 is 2.44 bits per heavy atom. The van der Waals surface area contributed by atoms with Crippen LogP contribution >= 0.6 is 0 Å². The van der Waals surface area contributed by atoms with Gasteiger partial charge in [-0.25, -0.2) is 0 Å². The van der Waals surface area contributed by atoms with E-state index in [1.807, 2.05) is 36.4 Å². The van der Waals surface area contributed by atoms with E-state index < -0.39 is 5.92 Å². The molecule has 0 heterocycles. The third kappa shape index (κ3) is 6.83. The van der Waals surface area contributed by atoms with E-state index in [1.165, 1.54) is 0 Å². The normalized spacial score (nSPS) is 11.1. The van der Waals surface area contributed by atoms with Crippen molar-refractivity contribution >= 4 is 17.6 Å². The number of ether oxygens (including phenoxy) is 1. The maximum absolute atomic E-state index is 12.2. The lowest BCUT2D eigenvalue weighted by molar-refractivity contribution is -0.147. The van der Waals surface area contributed by atoms with Gasteiger partial charge in [0.2, 0.25) is 5.91 Å². The fourth-order valence-electron chi connectivity index (χ4n) is 2.54. The highest BCUT2D eigenvalue weighted by molar-refractivity contribution is 5.81. The molecule has 0 radical (unpaired) electrons. The fraction of sp³-hybridized carbons (Fsp3) is 0.286. The molecule has 6 heteroatoms. The van der Waals surface area contributed by atoms with Crippen molar-refractivity contribution in [3.63, 3.8) is 0 Å². The molecule has 0 aliphatic heterocycles. The smallest absolute Gasteiger partial charge is 0.311 e. The Bertz CT molecular complexity index is 783. The molecule has 0 saturated heterocycles. The molecule has 6 nitrogen and oxygen atoms in total. The Hall–Kier alpha value is -3.33. The maximum atomic E-state index is 12.2. The van der Waals surface area contributed by atoms with Crippen molar-refractivity contribution in [3.05, 3.63) is 65.7 Å². The SMILES string of the molecule is CCOC(=O)[C@@H](CNC(=O)CNc1ccc(C#N)cc1)Cc1ccccc1. The van der Waals surface area contributed by atoms with E-state index >= 15 is 0 Å². The van der Waals surface area contributed by atoms with Crippen LogP contribution in [0.5, 0.6) is 0 Å². The summed E-state index contributed by atoms with van der Waals surface area (Å²) in [5, 5.41) is 14.6. The minimum Gasteiger partial charge on any atom is -0.466 e. The van der Waals surface area contributed by atoms with Gasteiger partial charge in [-0.15, -0.1) is 0 Å². The van der Waals surface area contributed by atoms with Crippen LogP contribution in [0.4, 0.5) is 5.69 Å². The van der Waals surface area contributed by atoms with Crippen molar-refractivity contribution < 1.29 is 14.3 Å². The van der Waals surface area contributed by atoms with E-state index in [2.05, 4.69) is 10.6 Å². The Kier molecular flexibility index (Phi) is 7.86. The third-order valence-electron chi connectivity index (χ3n) is 3.96. The van der Waals surface area contributed by atoms with Crippen molar-refractivity contribution in [1.29, 1.82) is 5.26 Å². The summed E-state index contributed by atoms with van der Waals surface area (Å²) in [7, 11) is 0. The molecule has 0 aliphatic rings. The van der Waals surface area contributed by atoms with E-state index in [-0.39, 0.29) is 25.0 Å². The van der Waals surface area contributed by atoms with E-state index in [1.54, 1.807) is 31.2 Å². The predicted molar refractivity (Wildman–Crippen MR) is 103 cm³/mol. The number of rotatable bonds is 9. The summed E-state index contributed by atoms with van der Waals surface area (Å²) >= 11 is 0. The molecule has 27 heavy (non-hydrogen) atoms. The number of nitrogens with zero attached hydrogens (tertiary/aromatic N) is 1. The summed E-state index contributed by atoms with van der Waals surface area (Å²) in [5.41, 5.74) is 2.32. The molecule has 0 spiro atoms. The Morgan fingerprint density at radius 2 is 1.81 bits per heavy atom. The molecule has 0 aromatic heterocycles. The number of nitrogens with one attached hydrogen (secondary N) is 2. The van der Waals surface area contributed by atoms with Gasteiger partial charge in [-0.1, -0.05) is 30.3 Å². The molecule has 2 N–H and O–H groups in total. The number of carbonyl (C=O) groups excluding carboxylic acids is 2. The van der Waals surface area contributed by atoms with Crippen LogP contribution in [0.1, 0.15) is 18.1 Å². The molecule has 0 saturated carbocycles. The van der Waals surface area contributed by atoms with Gasteiger partial charge in [-0.2, -0.15) is 5.26 Å². The van der Waals surface area contributed by atoms with E-state index in [9.17, 15) is 9.59 Å². The predicted octanol–water partition coefficient (Wildman–Crippen LogP) is 2.51. The molecular weight excluding hydrogens is 342 g/mol. The van der Waals surface area contributed by atoms with Gasteiger partial charge >= 0.3 is 5.97 Å². The zero-order valence-electron chi connectivity index (χ0n) is 15.3. The molecule has 1 atom stereocenters. The summed E-state index contributed by atoms with van der Waals surface area (Å²) in [6.45, 7) is 2.35. The monoisotopic (exact) mass is 365 g/mol. The van der Waals surface area contributed by atoms with Gasteiger partial charge in [-0.05, 0) is 43.2 Å². The van der Waals surface area contributed by atoms with Crippen molar-refractivity contribution in [2.75, 3.05) is 25.0 Å². The number of nitriles is 1. The van der Waals surface area contributed by atoms with Gasteiger partial charge in [0.05, 0.1) is 30.7 Å². The molecular formula is C21H23N3O3. The van der Waals surface area contributed by atoms with Crippen LogP contribution in [0.15, 0.2) is 54.6 Å². The second kappa shape index (κ2) is 10.6. The summed E-state index contributed by atoms with van der Waals surface area (Å²) in [4.78, 5) is 24.3. The minimum absolute atomic E-state index is 0.0762. The van der Waals surface area contributed by atoms with Gasteiger partial charge in [0.1, 0.15) is 0 Å². The minimum atomic E-state index is -0.439. The highest BCUT2D eigenvalue weighted by Crippen LogP contribution is 2.11. The van der Waals surface area contributed by atoms with Gasteiger partial charge in [0, 0.05) is 12.2 Å². The van der Waals surface area contributed by atoms with Crippen LogP contribution in [-0.2, 0) is 20.7 Å². The van der Waals surface area contributed by atoms with Crippen LogP contribution in [-0.4, -0.2) is 31.6 Å². The number of hydrogen-bond donors (Lipinski definition) is 2.